The second-order valence-electron chi connectivity index (χ2n) is 6.41. The number of likely N-dealkylation sites (N-methyl/N-ethyl adjacent to an activating group) is 1. The number of hydrogen-bond donors (Lipinski definition) is 1. The van der Waals surface area contributed by atoms with E-state index in [9.17, 15) is 4.79 Å². The molecule has 1 amide bonds. The van der Waals surface area contributed by atoms with E-state index < -0.39 is 0 Å². The Morgan fingerprint density at radius 2 is 2.00 bits per heavy atom. The molecule has 0 unspecified atom stereocenters. The van der Waals surface area contributed by atoms with Gasteiger partial charge in [-0.2, -0.15) is 0 Å². The molecule has 1 aromatic heterocycles. The lowest BCUT2D eigenvalue weighted by atomic mass is 10.1. The molecule has 1 aliphatic rings. The minimum Gasteiger partial charge on any atom is -0.377 e. The van der Waals surface area contributed by atoms with Crippen LogP contribution in [0.5, 0.6) is 0 Å². The first-order valence-electron chi connectivity index (χ1n) is 8.36. The molecule has 134 valence electrons. The molecule has 25 heavy (non-hydrogen) atoms. The van der Waals surface area contributed by atoms with Crippen LogP contribution in [0.2, 0.25) is 0 Å². The van der Waals surface area contributed by atoms with Crippen molar-refractivity contribution < 1.29 is 14.1 Å². The normalized spacial score (nSPS) is 15.4. The van der Waals surface area contributed by atoms with E-state index in [0.29, 0.717) is 5.76 Å². The third kappa shape index (κ3) is 4.37. The standard InChI is InChI=1S/C18H24N4O3/c1-13-8-14(10-15(9-13)22-6-4-21(2)5-7-22)19-18(23)17-11-16(12-24-3)25-20-17/h8-11H,4-7,12H2,1-3H3,(H,19,23). The smallest absolute Gasteiger partial charge is 0.277 e. The van der Waals surface area contributed by atoms with Crippen LogP contribution in [-0.4, -0.2) is 56.3 Å². The number of piperazine rings is 1. The maximum absolute atomic E-state index is 12.4. The molecular formula is C18H24N4O3. The summed E-state index contributed by atoms with van der Waals surface area (Å²) in [5.41, 5.74) is 3.24. The van der Waals surface area contributed by atoms with Crippen LogP contribution in [0.3, 0.4) is 0 Å². The lowest BCUT2D eigenvalue weighted by molar-refractivity contribution is 0.101. The zero-order chi connectivity index (χ0) is 17.8. The van der Waals surface area contributed by atoms with Crippen molar-refractivity contribution >= 4 is 17.3 Å². The molecule has 0 saturated carbocycles. The maximum atomic E-state index is 12.4. The van der Waals surface area contributed by atoms with E-state index >= 15 is 0 Å². The fourth-order valence-electron chi connectivity index (χ4n) is 2.91. The van der Waals surface area contributed by atoms with Gasteiger partial charge in [-0.05, 0) is 37.7 Å². The molecule has 0 spiro atoms. The van der Waals surface area contributed by atoms with Gasteiger partial charge < -0.3 is 24.4 Å². The SMILES string of the molecule is COCc1cc(C(=O)Nc2cc(C)cc(N3CCN(C)CC3)c2)no1. The zero-order valence-electron chi connectivity index (χ0n) is 14.9. The van der Waals surface area contributed by atoms with E-state index in [2.05, 4.69) is 33.4 Å². The van der Waals surface area contributed by atoms with Crippen LogP contribution in [0.1, 0.15) is 21.8 Å². The largest absolute Gasteiger partial charge is 0.377 e. The number of anilines is 2. The summed E-state index contributed by atoms with van der Waals surface area (Å²) in [6, 6.07) is 7.70. The highest BCUT2D eigenvalue weighted by atomic mass is 16.5. The van der Waals surface area contributed by atoms with Gasteiger partial charge in [0.1, 0.15) is 6.61 Å². The van der Waals surface area contributed by atoms with E-state index in [0.717, 1.165) is 43.1 Å². The third-order valence-electron chi connectivity index (χ3n) is 4.27. The van der Waals surface area contributed by atoms with Crippen LogP contribution >= 0.6 is 0 Å². The van der Waals surface area contributed by atoms with Crippen molar-refractivity contribution in [3.05, 3.63) is 41.3 Å². The van der Waals surface area contributed by atoms with Gasteiger partial charge in [-0.1, -0.05) is 5.16 Å². The van der Waals surface area contributed by atoms with Crippen molar-refractivity contribution in [1.82, 2.24) is 10.1 Å². The van der Waals surface area contributed by atoms with E-state index in [4.69, 9.17) is 9.26 Å². The lowest BCUT2D eigenvalue weighted by Gasteiger charge is -2.34. The molecule has 0 bridgehead atoms. The number of carbonyl (C=O) groups is 1. The van der Waals surface area contributed by atoms with Crippen molar-refractivity contribution in [3.63, 3.8) is 0 Å². The van der Waals surface area contributed by atoms with Gasteiger partial charge in [-0.25, -0.2) is 0 Å². The molecule has 1 fully saturated rings. The topological polar surface area (TPSA) is 70.8 Å². The van der Waals surface area contributed by atoms with Crippen molar-refractivity contribution in [1.29, 1.82) is 0 Å². The fourth-order valence-corrected chi connectivity index (χ4v) is 2.91. The zero-order valence-corrected chi connectivity index (χ0v) is 14.9. The molecule has 7 heteroatoms. The maximum Gasteiger partial charge on any atom is 0.277 e. The molecule has 1 N–H and O–H groups in total. The van der Waals surface area contributed by atoms with Crippen molar-refractivity contribution in [2.75, 3.05) is 50.6 Å². The molecule has 0 atom stereocenters. The van der Waals surface area contributed by atoms with E-state index in [-0.39, 0.29) is 18.2 Å². The predicted octanol–water partition coefficient (Wildman–Crippen LogP) is 2.13. The Morgan fingerprint density at radius 3 is 2.72 bits per heavy atom. The van der Waals surface area contributed by atoms with E-state index in [1.807, 2.05) is 19.1 Å². The first-order valence-corrected chi connectivity index (χ1v) is 8.36. The van der Waals surface area contributed by atoms with Gasteiger partial charge in [-0.15, -0.1) is 0 Å². The van der Waals surface area contributed by atoms with Crippen LogP contribution in [0, 0.1) is 6.92 Å². The second-order valence-corrected chi connectivity index (χ2v) is 6.41. The summed E-state index contributed by atoms with van der Waals surface area (Å²) in [6.45, 7) is 6.36. The van der Waals surface area contributed by atoms with E-state index in [1.54, 1.807) is 13.2 Å². The lowest BCUT2D eigenvalue weighted by Crippen LogP contribution is -2.44. The molecule has 0 aliphatic carbocycles. The van der Waals surface area contributed by atoms with Gasteiger partial charge in [-0.3, -0.25) is 4.79 Å². The number of hydrogen-bond acceptors (Lipinski definition) is 6. The molecular weight excluding hydrogens is 320 g/mol. The Bertz CT molecular complexity index is 736. The number of benzene rings is 1. The van der Waals surface area contributed by atoms with Gasteiger partial charge >= 0.3 is 0 Å². The van der Waals surface area contributed by atoms with Gasteiger partial charge in [0.25, 0.3) is 5.91 Å². The van der Waals surface area contributed by atoms with Gasteiger partial charge in [0.15, 0.2) is 11.5 Å². The van der Waals surface area contributed by atoms with Gasteiger partial charge in [0, 0.05) is 50.7 Å². The number of aromatic nitrogens is 1. The Balaban J connectivity index is 1.72. The molecule has 2 heterocycles. The highest BCUT2D eigenvalue weighted by Gasteiger charge is 2.17. The molecule has 2 aromatic rings. The Morgan fingerprint density at radius 1 is 1.24 bits per heavy atom. The van der Waals surface area contributed by atoms with Crippen LogP contribution in [0.15, 0.2) is 28.8 Å². The number of methoxy groups -OCH3 is 1. The summed E-state index contributed by atoms with van der Waals surface area (Å²) >= 11 is 0. The number of nitrogens with one attached hydrogen (secondary N) is 1. The predicted molar refractivity (Wildman–Crippen MR) is 96.1 cm³/mol. The average molecular weight is 344 g/mol. The molecule has 7 nitrogen and oxygen atoms in total. The summed E-state index contributed by atoms with van der Waals surface area (Å²) < 4.78 is 10.0. The first kappa shape index (κ1) is 17.4. The van der Waals surface area contributed by atoms with Gasteiger partial charge in [0.05, 0.1) is 0 Å². The fraction of sp³-hybridized carbons (Fsp3) is 0.444. The average Bonchev–Trinajstić information content (AvgIpc) is 3.04. The quantitative estimate of drug-likeness (QED) is 0.896. The molecule has 1 saturated heterocycles. The highest BCUT2D eigenvalue weighted by molar-refractivity contribution is 6.03. The number of rotatable bonds is 5. The number of amides is 1. The Hall–Kier alpha value is -2.38. The first-order chi connectivity index (χ1) is 12.0. The minimum atomic E-state index is -0.291. The minimum absolute atomic E-state index is 0.245. The summed E-state index contributed by atoms with van der Waals surface area (Å²) in [5, 5.41) is 6.69. The van der Waals surface area contributed by atoms with Crippen LogP contribution < -0.4 is 10.2 Å². The van der Waals surface area contributed by atoms with Gasteiger partial charge in [0.2, 0.25) is 0 Å². The monoisotopic (exact) mass is 344 g/mol. The number of nitrogens with zero attached hydrogens (tertiary/aromatic N) is 3. The van der Waals surface area contributed by atoms with Crippen LogP contribution in [0.25, 0.3) is 0 Å². The number of carbonyl (C=O) groups excluding carboxylic acids is 1. The molecule has 3 rings (SSSR count). The number of ether oxygens (including phenoxy) is 1. The van der Waals surface area contributed by atoms with E-state index in [1.165, 1.54) is 0 Å². The summed E-state index contributed by atoms with van der Waals surface area (Å²) in [6.07, 6.45) is 0. The van der Waals surface area contributed by atoms with Crippen molar-refractivity contribution in [3.8, 4) is 0 Å². The Labute approximate surface area is 147 Å². The molecule has 1 aliphatic heterocycles. The van der Waals surface area contributed by atoms with Crippen molar-refractivity contribution in [2.24, 2.45) is 0 Å². The van der Waals surface area contributed by atoms with Crippen LogP contribution in [0.4, 0.5) is 11.4 Å². The highest BCUT2D eigenvalue weighted by Crippen LogP contribution is 2.24. The van der Waals surface area contributed by atoms with Crippen LogP contribution in [-0.2, 0) is 11.3 Å². The number of aryl methyl sites for hydroxylation is 1. The van der Waals surface area contributed by atoms with Crippen molar-refractivity contribution in [2.45, 2.75) is 13.5 Å². The summed E-state index contributed by atoms with van der Waals surface area (Å²) in [4.78, 5) is 17.0. The molecule has 0 radical (unpaired) electrons. The second kappa shape index (κ2) is 7.67. The molecule has 1 aromatic carbocycles. The summed E-state index contributed by atoms with van der Waals surface area (Å²) in [5.74, 6) is 0.232. The third-order valence-corrected chi connectivity index (χ3v) is 4.27. The summed E-state index contributed by atoms with van der Waals surface area (Å²) in [7, 11) is 3.70. The Kier molecular flexibility index (Phi) is 5.35.